The van der Waals surface area contributed by atoms with E-state index in [0.717, 1.165) is 6.29 Å². The van der Waals surface area contributed by atoms with Crippen molar-refractivity contribution in [1.82, 2.24) is 4.98 Å². The zero-order valence-corrected chi connectivity index (χ0v) is 9.14. The molecule has 0 radical (unpaired) electrons. The standard InChI is InChI=1S/C12H10N2O3/c1-8-11(17-7-13-8)12(16)14-10-4-2-3-9(5-10)6-15/h2-7H,1H3,(H,14,16). The van der Waals surface area contributed by atoms with Crippen LogP contribution in [0.4, 0.5) is 5.69 Å². The number of carbonyl (C=O) groups is 2. The van der Waals surface area contributed by atoms with Crippen LogP contribution in [0.2, 0.25) is 0 Å². The maximum absolute atomic E-state index is 11.8. The molecule has 0 aliphatic rings. The van der Waals surface area contributed by atoms with E-state index in [1.807, 2.05) is 0 Å². The summed E-state index contributed by atoms with van der Waals surface area (Å²) in [7, 11) is 0. The molecule has 0 aliphatic heterocycles. The zero-order valence-electron chi connectivity index (χ0n) is 9.14. The molecule has 0 aliphatic carbocycles. The van der Waals surface area contributed by atoms with Crippen LogP contribution in [0.25, 0.3) is 0 Å². The van der Waals surface area contributed by atoms with Crippen molar-refractivity contribution < 1.29 is 14.0 Å². The maximum atomic E-state index is 11.8. The van der Waals surface area contributed by atoms with Gasteiger partial charge in [0.2, 0.25) is 5.76 Å². The SMILES string of the molecule is Cc1ncoc1C(=O)Nc1cccc(C=O)c1. The van der Waals surface area contributed by atoms with Gasteiger partial charge in [-0.25, -0.2) is 4.98 Å². The van der Waals surface area contributed by atoms with Crippen molar-refractivity contribution in [2.24, 2.45) is 0 Å². The second kappa shape index (κ2) is 4.61. The van der Waals surface area contributed by atoms with Gasteiger partial charge in [-0.1, -0.05) is 12.1 Å². The summed E-state index contributed by atoms with van der Waals surface area (Å²) in [5.41, 5.74) is 1.56. The monoisotopic (exact) mass is 230 g/mol. The second-order valence-corrected chi connectivity index (χ2v) is 3.46. The lowest BCUT2D eigenvalue weighted by Gasteiger charge is -2.03. The fraction of sp³-hybridized carbons (Fsp3) is 0.0833. The largest absolute Gasteiger partial charge is 0.438 e. The number of rotatable bonds is 3. The van der Waals surface area contributed by atoms with E-state index in [2.05, 4.69) is 10.3 Å². The molecule has 0 saturated carbocycles. The smallest absolute Gasteiger partial charge is 0.293 e. The zero-order chi connectivity index (χ0) is 12.3. The Hall–Kier alpha value is -2.43. The Morgan fingerprint density at radius 2 is 2.29 bits per heavy atom. The predicted octanol–water partition coefficient (Wildman–Crippen LogP) is 2.05. The lowest BCUT2D eigenvalue weighted by atomic mass is 10.2. The molecule has 17 heavy (non-hydrogen) atoms. The summed E-state index contributed by atoms with van der Waals surface area (Å²) in [5, 5.41) is 2.63. The van der Waals surface area contributed by atoms with Crippen LogP contribution in [-0.2, 0) is 0 Å². The highest BCUT2D eigenvalue weighted by atomic mass is 16.3. The molecule has 0 spiro atoms. The number of nitrogens with zero attached hydrogens (tertiary/aromatic N) is 1. The van der Waals surface area contributed by atoms with Gasteiger partial charge in [0.05, 0.1) is 5.69 Å². The van der Waals surface area contributed by atoms with E-state index in [4.69, 9.17) is 4.42 Å². The fourth-order valence-electron chi connectivity index (χ4n) is 1.40. The summed E-state index contributed by atoms with van der Waals surface area (Å²) in [6.07, 6.45) is 1.93. The molecule has 1 N–H and O–H groups in total. The second-order valence-electron chi connectivity index (χ2n) is 3.46. The molecular formula is C12H10N2O3. The van der Waals surface area contributed by atoms with Crippen LogP contribution in [0.15, 0.2) is 35.1 Å². The quantitative estimate of drug-likeness (QED) is 0.819. The molecule has 5 nitrogen and oxygen atoms in total. The number of aldehydes is 1. The van der Waals surface area contributed by atoms with E-state index in [1.54, 1.807) is 31.2 Å². The number of aryl methyl sites for hydroxylation is 1. The van der Waals surface area contributed by atoms with Crippen LogP contribution in [0.3, 0.4) is 0 Å². The Labute approximate surface area is 97.5 Å². The van der Waals surface area contributed by atoms with E-state index < -0.39 is 0 Å². The van der Waals surface area contributed by atoms with E-state index in [0.29, 0.717) is 16.9 Å². The molecule has 1 heterocycles. The molecule has 2 aromatic rings. The highest BCUT2D eigenvalue weighted by Gasteiger charge is 2.13. The number of amides is 1. The van der Waals surface area contributed by atoms with Gasteiger partial charge in [0.15, 0.2) is 6.39 Å². The first-order chi connectivity index (χ1) is 8.20. The average molecular weight is 230 g/mol. The number of hydrogen-bond donors (Lipinski definition) is 1. The van der Waals surface area contributed by atoms with Crippen molar-refractivity contribution >= 4 is 17.9 Å². The van der Waals surface area contributed by atoms with Gasteiger partial charge in [0.1, 0.15) is 6.29 Å². The van der Waals surface area contributed by atoms with E-state index in [-0.39, 0.29) is 11.7 Å². The number of benzene rings is 1. The Balaban J connectivity index is 2.18. The molecule has 5 heteroatoms. The third-order valence-electron chi connectivity index (χ3n) is 2.23. The van der Waals surface area contributed by atoms with Crippen molar-refractivity contribution in [2.75, 3.05) is 5.32 Å². The number of anilines is 1. The molecule has 0 fully saturated rings. The van der Waals surface area contributed by atoms with Crippen LogP contribution in [0.1, 0.15) is 26.6 Å². The lowest BCUT2D eigenvalue weighted by molar-refractivity contribution is 0.0995. The van der Waals surface area contributed by atoms with E-state index in [1.165, 1.54) is 6.39 Å². The third-order valence-corrected chi connectivity index (χ3v) is 2.23. The Morgan fingerprint density at radius 3 is 2.94 bits per heavy atom. The highest BCUT2D eigenvalue weighted by molar-refractivity contribution is 6.03. The molecule has 0 unspecified atom stereocenters. The maximum Gasteiger partial charge on any atom is 0.293 e. The van der Waals surface area contributed by atoms with Gasteiger partial charge >= 0.3 is 0 Å². The number of nitrogens with one attached hydrogen (secondary N) is 1. The molecule has 1 aromatic heterocycles. The molecule has 0 bridgehead atoms. The van der Waals surface area contributed by atoms with Gasteiger partial charge in [-0.3, -0.25) is 9.59 Å². The summed E-state index contributed by atoms with van der Waals surface area (Å²) in [6, 6.07) is 6.61. The van der Waals surface area contributed by atoms with Crippen molar-refractivity contribution in [3.05, 3.63) is 47.7 Å². The van der Waals surface area contributed by atoms with Crippen LogP contribution in [0, 0.1) is 6.92 Å². The van der Waals surface area contributed by atoms with Crippen LogP contribution < -0.4 is 5.32 Å². The molecule has 2 rings (SSSR count). The van der Waals surface area contributed by atoms with Gasteiger partial charge in [-0.15, -0.1) is 0 Å². The van der Waals surface area contributed by atoms with Crippen LogP contribution in [0.5, 0.6) is 0 Å². The summed E-state index contributed by atoms with van der Waals surface area (Å²) >= 11 is 0. The fourth-order valence-corrected chi connectivity index (χ4v) is 1.40. The van der Waals surface area contributed by atoms with Crippen molar-refractivity contribution in [3.63, 3.8) is 0 Å². The molecular weight excluding hydrogens is 220 g/mol. The molecule has 1 aromatic carbocycles. The highest BCUT2D eigenvalue weighted by Crippen LogP contribution is 2.12. The van der Waals surface area contributed by atoms with E-state index >= 15 is 0 Å². The molecule has 86 valence electrons. The number of hydrogen-bond acceptors (Lipinski definition) is 4. The molecule has 0 atom stereocenters. The normalized spacial score (nSPS) is 9.94. The Bertz CT molecular complexity index is 560. The average Bonchev–Trinajstić information content (AvgIpc) is 2.76. The minimum Gasteiger partial charge on any atom is -0.438 e. The van der Waals surface area contributed by atoms with Gasteiger partial charge in [-0.2, -0.15) is 0 Å². The van der Waals surface area contributed by atoms with Crippen LogP contribution >= 0.6 is 0 Å². The topological polar surface area (TPSA) is 72.2 Å². The third kappa shape index (κ3) is 2.39. The van der Waals surface area contributed by atoms with Gasteiger partial charge < -0.3 is 9.73 Å². The van der Waals surface area contributed by atoms with Crippen molar-refractivity contribution in [1.29, 1.82) is 0 Å². The van der Waals surface area contributed by atoms with Crippen LogP contribution in [-0.4, -0.2) is 17.2 Å². The van der Waals surface area contributed by atoms with Gasteiger partial charge in [0, 0.05) is 11.3 Å². The van der Waals surface area contributed by atoms with E-state index in [9.17, 15) is 9.59 Å². The van der Waals surface area contributed by atoms with Gasteiger partial charge in [-0.05, 0) is 19.1 Å². The summed E-state index contributed by atoms with van der Waals surface area (Å²) in [4.78, 5) is 26.2. The van der Waals surface area contributed by atoms with Gasteiger partial charge in [0.25, 0.3) is 5.91 Å². The summed E-state index contributed by atoms with van der Waals surface area (Å²) in [5.74, 6) is -0.218. The predicted molar refractivity (Wildman–Crippen MR) is 61.0 cm³/mol. The Kier molecular flexibility index (Phi) is 3.00. The lowest BCUT2D eigenvalue weighted by Crippen LogP contribution is -2.12. The first-order valence-corrected chi connectivity index (χ1v) is 4.97. The first-order valence-electron chi connectivity index (χ1n) is 4.97. The number of carbonyl (C=O) groups excluding carboxylic acids is 2. The molecule has 1 amide bonds. The molecule has 0 saturated heterocycles. The minimum atomic E-state index is -0.386. The van der Waals surface area contributed by atoms with Crippen molar-refractivity contribution in [3.8, 4) is 0 Å². The minimum absolute atomic E-state index is 0.168. The number of oxazole rings is 1. The Morgan fingerprint density at radius 1 is 1.47 bits per heavy atom. The first kappa shape index (κ1) is 11.1. The summed E-state index contributed by atoms with van der Waals surface area (Å²) in [6.45, 7) is 1.68. The number of aromatic nitrogens is 1. The van der Waals surface area contributed by atoms with Crippen molar-refractivity contribution in [2.45, 2.75) is 6.92 Å². The summed E-state index contributed by atoms with van der Waals surface area (Å²) < 4.78 is 4.96.